The largest absolute Gasteiger partial charge is 0.484 e. The SMILES string of the molecule is CC(=O)Nc1cccc(C(=O)Nc2ccc(OCc3nnc(-c4ccccc4C)o3)cc2)c1. The molecule has 1 aromatic heterocycles. The van der Waals surface area contributed by atoms with Gasteiger partial charge >= 0.3 is 0 Å². The zero-order valence-electron chi connectivity index (χ0n) is 18.2. The zero-order chi connectivity index (χ0) is 23.2. The lowest BCUT2D eigenvalue weighted by Crippen LogP contribution is -2.13. The van der Waals surface area contributed by atoms with E-state index in [2.05, 4.69) is 20.8 Å². The van der Waals surface area contributed by atoms with Gasteiger partial charge in [0.15, 0.2) is 6.61 Å². The fourth-order valence-corrected chi connectivity index (χ4v) is 3.16. The van der Waals surface area contributed by atoms with Crippen molar-refractivity contribution in [2.75, 3.05) is 10.6 Å². The Hall–Kier alpha value is -4.46. The summed E-state index contributed by atoms with van der Waals surface area (Å²) in [4.78, 5) is 23.7. The maximum absolute atomic E-state index is 12.5. The Morgan fingerprint density at radius 1 is 0.909 bits per heavy atom. The van der Waals surface area contributed by atoms with Crippen molar-refractivity contribution in [3.8, 4) is 17.2 Å². The van der Waals surface area contributed by atoms with Gasteiger partial charge in [-0.05, 0) is 61.0 Å². The van der Waals surface area contributed by atoms with Gasteiger partial charge in [0.1, 0.15) is 5.75 Å². The van der Waals surface area contributed by atoms with Crippen molar-refractivity contribution in [2.24, 2.45) is 0 Å². The number of ether oxygens (including phenoxy) is 1. The minimum Gasteiger partial charge on any atom is -0.484 e. The summed E-state index contributed by atoms with van der Waals surface area (Å²) >= 11 is 0. The summed E-state index contributed by atoms with van der Waals surface area (Å²) in [5.41, 5.74) is 3.54. The predicted octanol–water partition coefficient (Wildman–Crippen LogP) is 4.83. The number of hydrogen-bond acceptors (Lipinski definition) is 6. The Balaban J connectivity index is 1.34. The number of hydrogen-bond donors (Lipinski definition) is 2. The molecule has 0 aliphatic rings. The van der Waals surface area contributed by atoms with E-state index in [9.17, 15) is 9.59 Å². The molecule has 0 unspecified atom stereocenters. The number of anilines is 2. The molecule has 0 saturated heterocycles. The molecule has 8 heteroatoms. The van der Waals surface area contributed by atoms with Gasteiger partial charge in [0.25, 0.3) is 11.8 Å². The van der Waals surface area contributed by atoms with Gasteiger partial charge in [-0.3, -0.25) is 9.59 Å². The second-order valence-electron chi connectivity index (χ2n) is 7.35. The minimum atomic E-state index is -0.287. The smallest absolute Gasteiger partial charge is 0.255 e. The fourth-order valence-electron chi connectivity index (χ4n) is 3.16. The van der Waals surface area contributed by atoms with Gasteiger partial charge in [0.2, 0.25) is 11.8 Å². The number of amides is 2. The van der Waals surface area contributed by atoms with Gasteiger partial charge < -0.3 is 19.8 Å². The molecule has 0 fully saturated rings. The summed E-state index contributed by atoms with van der Waals surface area (Å²) in [5, 5.41) is 13.6. The number of carbonyl (C=O) groups is 2. The van der Waals surface area contributed by atoms with Crippen molar-refractivity contribution in [3.05, 3.63) is 89.8 Å². The first-order valence-electron chi connectivity index (χ1n) is 10.3. The molecule has 0 atom stereocenters. The second-order valence-corrected chi connectivity index (χ2v) is 7.35. The highest BCUT2D eigenvalue weighted by molar-refractivity contribution is 6.05. The van der Waals surface area contributed by atoms with Crippen molar-refractivity contribution in [3.63, 3.8) is 0 Å². The van der Waals surface area contributed by atoms with E-state index >= 15 is 0 Å². The summed E-state index contributed by atoms with van der Waals surface area (Å²) in [6, 6.07) is 21.4. The monoisotopic (exact) mass is 442 g/mol. The number of benzene rings is 3. The van der Waals surface area contributed by atoms with Crippen molar-refractivity contribution in [1.82, 2.24) is 10.2 Å². The molecule has 0 aliphatic carbocycles. The van der Waals surface area contributed by atoms with Crippen molar-refractivity contribution >= 4 is 23.2 Å². The Morgan fingerprint density at radius 3 is 2.45 bits per heavy atom. The van der Waals surface area contributed by atoms with Crippen LogP contribution in [-0.4, -0.2) is 22.0 Å². The summed E-state index contributed by atoms with van der Waals surface area (Å²) in [6.45, 7) is 3.52. The normalized spacial score (nSPS) is 10.5. The van der Waals surface area contributed by atoms with Crippen LogP contribution in [0.2, 0.25) is 0 Å². The number of carbonyl (C=O) groups excluding carboxylic acids is 2. The average molecular weight is 442 g/mol. The Morgan fingerprint density at radius 2 is 1.70 bits per heavy atom. The lowest BCUT2D eigenvalue weighted by molar-refractivity contribution is -0.114. The van der Waals surface area contributed by atoms with Gasteiger partial charge in [0, 0.05) is 29.4 Å². The first-order valence-corrected chi connectivity index (χ1v) is 10.3. The van der Waals surface area contributed by atoms with Crippen molar-refractivity contribution in [2.45, 2.75) is 20.5 Å². The number of aryl methyl sites for hydroxylation is 1. The van der Waals surface area contributed by atoms with Gasteiger partial charge in [-0.25, -0.2) is 0 Å². The topological polar surface area (TPSA) is 106 Å². The highest BCUT2D eigenvalue weighted by Crippen LogP contribution is 2.23. The van der Waals surface area contributed by atoms with E-state index in [0.717, 1.165) is 11.1 Å². The molecule has 2 N–H and O–H groups in total. The van der Waals surface area contributed by atoms with Gasteiger partial charge in [-0.2, -0.15) is 0 Å². The third-order valence-corrected chi connectivity index (χ3v) is 4.76. The number of aromatic nitrogens is 2. The van der Waals surface area contributed by atoms with Crippen LogP contribution in [0.25, 0.3) is 11.5 Å². The van der Waals surface area contributed by atoms with Crippen LogP contribution in [-0.2, 0) is 11.4 Å². The maximum Gasteiger partial charge on any atom is 0.255 e. The van der Waals surface area contributed by atoms with E-state index in [1.807, 2.05) is 31.2 Å². The van der Waals surface area contributed by atoms with E-state index in [-0.39, 0.29) is 18.4 Å². The molecule has 0 bridgehead atoms. The predicted molar refractivity (Wildman–Crippen MR) is 124 cm³/mol. The van der Waals surface area contributed by atoms with E-state index < -0.39 is 0 Å². The van der Waals surface area contributed by atoms with E-state index in [4.69, 9.17) is 9.15 Å². The Labute approximate surface area is 190 Å². The summed E-state index contributed by atoms with van der Waals surface area (Å²) in [7, 11) is 0. The molecule has 8 nitrogen and oxygen atoms in total. The molecule has 4 aromatic rings. The quantitative estimate of drug-likeness (QED) is 0.424. The Bertz CT molecular complexity index is 1280. The number of rotatable bonds is 7. The maximum atomic E-state index is 12.5. The van der Waals surface area contributed by atoms with E-state index in [0.29, 0.717) is 34.5 Å². The molecule has 4 rings (SSSR count). The molecule has 0 aliphatic heterocycles. The lowest BCUT2D eigenvalue weighted by atomic mass is 10.1. The standard InChI is InChI=1S/C25H22N4O4/c1-16-6-3-4-9-22(16)25-29-28-23(33-25)15-32-21-12-10-19(11-13-21)27-24(31)18-7-5-8-20(14-18)26-17(2)30/h3-14H,15H2,1-2H3,(H,26,30)(H,27,31). The number of nitrogens with one attached hydrogen (secondary N) is 2. The zero-order valence-corrected chi connectivity index (χ0v) is 18.2. The molecule has 1 heterocycles. The third-order valence-electron chi connectivity index (χ3n) is 4.76. The summed E-state index contributed by atoms with van der Waals surface area (Å²) < 4.78 is 11.4. The van der Waals surface area contributed by atoms with Crippen LogP contribution in [0.1, 0.15) is 28.7 Å². The minimum absolute atomic E-state index is 0.126. The highest BCUT2D eigenvalue weighted by atomic mass is 16.5. The van der Waals surface area contributed by atoms with Crippen molar-refractivity contribution in [1.29, 1.82) is 0 Å². The third kappa shape index (κ3) is 5.62. The Kier molecular flexibility index (Phi) is 6.45. The fraction of sp³-hybridized carbons (Fsp3) is 0.120. The molecular formula is C25H22N4O4. The van der Waals surface area contributed by atoms with Gasteiger partial charge in [-0.1, -0.05) is 24.3 Å². The van der Waals surface area contributed by atoms with E-state index in [1.165, 1.54) is 6.92 Å². The molecule has 33 heavy (non-hydrogen) atoms. The first kappa shape index (κ1) is 21.8. The van der Waals surface area contributed by atoms with Crippen LogP contribution in [0.4, 0.5) is 11.4 Å². The highest BCUT2D eigenvalue weighted by Gasteiger charge is 2.11. The molecule has 0 radical (unpaired) electrons. The van der Waals surface area contributed by atoms with Crippen LogP contribution >= 0.6 is 0 Å². The molecule has 3 aromatic carbocycles. The number of nitrogens with zero attached hydrogens (tertiary/aromatic N) is 2. The van der Waals surface area contributed by atoms with Crippen molar-refractivity contribution < 1.29 is 18.7 Å². The molecule has 0 spiro atoms. The van der Waals surface area contributed by atoms with E-state index in [1.54, 1.807) is 48.5 Å². The van der Waals surface area contributed by atoms with Crippen LogP contribution in [0.5, 0.6) is 5.75 Å². The van der Waals surface area contributed by atoms with Gasteiger partial charge in [-0.15, -0.1) is 10.2 Å². The van der Waals surface area contributed by atoms with Gasteiger partial charge in [0.05, 0.1) is 0 Å². The molecule has 166 valence electrons. The molecular weight excluding hydrogens is 420 g/mol. The second kappa shape index (κ2) is 9.78. The average Bonchev–Trinajstić information content (AvgIpc) is 3.27. The summed E-state index contributed by atoms with van der Waals surface area (Å²) in [5.74, 6) is 0.925. The lowest BCUT2D eigenvalue weighted by Gasteiger charge is -2.09. The molecule has 2 amide bonds. The first-order chi connectivity index (χ1) is 16.0. The molecule has 0 saturated carbocycles. The van der Waals surface area contributed by atoms with Crippen LogP contribution < -0.4 is 15.4 Å². The van der Waals surface area contributed by atoms with Crippen LogP contribution in [0.15, 0.2) is 77.2 Å². The van der Waals surface area contributed by atoms with Crippen LogP contribution in [0, 0.1) is 6.92 Å². The van der Waals surface area contributed by atoms with Crippen LogP contribution in [0.3, 0.4) is 0 Å². The summed E-state index contributed by atoms with van der Waals surface area (Å²) in [6.07, 6.45) is 0.